The summed E-state index contributed by atoms with van der Waals surface area (Å²) < 4.78 is 10.5. The van der Waals surface area contributed by atoms with Gasteiger partial charge in [-0.2, -0.15) is 0 Å². The zero-order valence-corrected chi connectivity index (χ0v) is 9.62. The Morgan fingerprint density at radius 2 is 2.13 bits per heavy atom. The van der Waals surface area contributed by atoms with Gasteiger partial charge in [0.05, 0.1) is 25.7 Å². The summed E-state index contributed by atoms with van der Waals surface area (Å²) in [5.41, 5.74) is 0.731. The largest absolute Gasteiger partial charge is 0.493 e. The van der Waals surface area contributed by atoms with Gasteiger partial charge < -0.3 is 14.6 Å². The molecule has 0 radical (unpaired) electrons. The van der Waals surface area contributed by atoms with E-state index < -0.39 is 6.10 Å². The van der Waals surface area contributed by atoms with Gasteiger partial charge in [0.25, 0.3) is 0 Å². The second-order valence-electron chi connectivity index (χ2n) is 3.01. The van der Waals surface area contributed by atoms with E-state index in [-0.39, 0.29) is 5.88 Å². The molecule has 0 aliphatic rings. The zero-order chi connectivity index (χ0) is 11.3. The summed E-state index contributed by atoms with van der Waals surface area (Å²) in [4.78, 5) is 0. The average Bonchev–Trinajstić information content (AvgIpc) is 2.28. The van der Waals surface area contributed by atoms with Crippen molar-refractivity contribution in [2.24, 2.45) is 0 Å². The molecule has 0 aromatic heterocycles. The van der Waals surface area contributed by atoms with Crippen LogP contribution in [0.4, 0.5) is 0 Å². The second-order valence-corrected chi connectivity index (χ2v) is 3.32. The van der Waals surface area contributed by atoms with Crippen LogP contribution in [-0.2, 0) is 0 Å². The van der Waals surface area contributed by atoms with Crippen molar-refractivity contribution in [2.45, 2.75) is 13.0 Å². The lowest BCUT2D eigenvalue weighted by Gasteiger charge is -2.13. The number of benzene rings is 1. The molecule has 0 heterocycles. The van der Waals surface area contributed by atoms with Gasteiger partial charge >= 0.3 is 0 Å². The van der Waals surface area contributed by atoms with Gasteiger partial charge in [-0.15, -0.1) is 11.6 Å². The molecule has 0 spiro atoms. The molecule has 0 aliphatic carbocycles. The van der Waals surface area contributed by atoms with Crippen LogP contribution in [0.1, 0.15) is 18.6 Å². The third-order valence-corrected chi connectivity index (χ3v) is 2.31. The molecule has 1 aromatic carbocycles. The monoisotopic (exact) mass is 230 g/mol. The number of aliphatic hydroxyl groups is 1. The van der Waals surface area contributed by atoms with E-state index in [2.05, 4.69) is 0 Å². The number of halogens is 1. The fourth-order valence-corrected chi connectivity index (χ4v) is 1.44. The van der Waals surface area contributed by atoms with E-state index in [1.807, 2.05) is 6.92 Å². The van der Waals surface area contributed by atoms with Gasteiger partial charge in [-0.3, -0.25) is 0 Å². The van der Waals surface area contributed by atoms with Crippen LogP contribution in [0.3, 0.4) is 0 Å². The molecule has 0 amide bonds. The van der Waals surface area contributed by atoms with Crippen LogP contribution in [0.25, 0.3) is 0 Å². The molecule has 4 heteroatoms. The van der Waals surface area contributed by atoms with Crippen molar-refractivity contribution in [3.05, 3.63) is 23.8 Å². The van der Waals surface area contributed by atoms with E-state index >= 15 is 0 Å². The topological polar surface area (TPSA) is 38.7 Å². The van der Waals surface area contributed by atoms with Gasteiger partial charge in [0.15, 0.2) is 11.5 Å². The third-order valence-electron chi connectivity index (χ3n) is 2.02. The van der Waals surface area contributed by atoms with E-state index in [1.54, 1.807) is 25.3 Å². The number of methoxy groups -OCH3 is 1. The minimum Gasteiger partial charge on any atom is -0.493 e. The van der Waals surface area contributed by atoms with E-state index in [4.69, 9.17) is 21.1 Å². The van der Waals surface area contributed by atoms with Crippen molar-refractivity contribution in [3.8, 4) is 11.5 Å². The number of rotatable bonds is 5. The Morgan fingerprint density at radius 1 is 1.40 bits per heavy atom. The normalized spacial score (nSPS) is 12.3. The molecule has 84 valence electrons. The molecular weight excluding hydrogens is 216 g/mol. The highest BCUT2D eigenvalue weighted by atomic mass is 35.5. The van der Waals surface area contributed by atoms with Crippen LogP contribution in [0.15, 0.2) is 18.2 Å². The van der Waals surface area contributed by atoms with Gasteiger partial charge in [0, 0.05) is 0 Å². The molecule has 1 N–H and O–H groups in total. The summed E-state index contributed by atoms with van der Waals surface area (Å²) >= 11 is 5.57. The van der Waals surface area contributed by atoms with Crippen LogP contribution in [0.2, 0.25) is 0 Å². The highest BCUT2D eigenvalue weighted by Gasteiger charge is 2.10. The highest BCUT2D eigenvalue weighted by Crippen LogP contribution is 2.30. The quantitative estimate of drug-likeness (QED) is 0.790. The molecule has 3 nitrogen and oxygen atoms in total. The van der Waals surface area contributed by atoms with Crippen LogP contribution < -0.4 is 9.47 Å². The minimum absolute atomic E-state index is 0.165. The summed E-state index contributed by atoms with van der Waals surface area (Å²) in [7, 11) is 1.58. The maximum Gasteiger partial charge on any atom is 0.161 e. The van der Waals surface area contributed by atoms with Gasteiger partial charge in [-0.05, 0) is 24.6 Å². The van der Waals surface area contributed by atoms with E-state index in [0.29, 0.717) is 18.1 Å². The first-order valence-corrected chi connectivity index (χ1v) is 5.31. The van der Waals surface area contributed by atoms with Gasteiger partial charge in [-0.25, -0.2) is 0 Å². The third kappa shape index (κ3) is 3.01. The number of hydrogen-bond donors (Lipinski definition) is 1. The summed E-state index contributed by atoms with van der Waals surface area (Å²) in [6.07, 6.45) is -0.670. The van der Waals surface area contributed by atoms with Crippen molar-refractivity contribution >= 4 is 11.6 Å². The molecule has 0 bridgehead atoms. The van der Waals surface area contributed by atoms with Gasteiger partial charge in [-0.1, -0.05) is 6.07 Å². The Hall–Kier alpha value is -0.930. The average molecular weight is 231 g/mol. The number of alkyl halides is 1. The van der Waals surface area contributed by atoms with Crippen LogP contribution >= 0.6 is 11.6 Å². The van der Waals surface area contributed by atoms with E-state index in [1.165, 1.54) is 0 Å². The molecule has 0 saturated heterocycles. The van der Waals surface area contributed by atoms with Crippen molar-refractivity contribution in [2.75, 3.05) is 19.6 Å². The number of ether oxygens (including phenoxy) is 2. The number of hydrogen-bond acceptors (Lipinski definition) is 3. The lowest BCUT2D eigenvalue weighted by atomic mass is 10.1. The summed E-state index contributed by atoms with van der Waals surface area (Å²) in [6, 6.07) is 5.28. The molecule has 1 rings (SSSR count). The van der Waals surface area contributed by atoms with Gasteiger partial charge in [0.1, 0.15) is 0 Å². The van der Waals surface area contributed by atoms with Crippen molar-refractivity contribution in [3.63, 3.8) is 0 Å². The smallest absolute Gasteiger partial charge is 0.161 e. The van der Waals surface area contributed by atoms with E-state index in [9.17, 15) is 5.11 Å². The van der Waals surface area contributed by atoms with Crippen LogP contribution in [-0.4, -0.2) is 24.7 Å². The molecule has 0 saturated carbocycles. The maximum atomic E-state index is 9.56. The fraction of sp³-hybridized carbons (Fsp3) is 0.455. The second kappa shape index (κ2) is 5.83. The van der Waals surface area contributed by atoms with Crippen molar-refractivity contribution < 1.29 is 14.6 Å². The maximum absolute atomic E-state index is 9.56. The standard InChI is InChI=1S/C11H15ClO3/c1-3-15-11-6-8(9(13)7-12)4-5-10(11)14-2/h4-6,9,13H,3,7H2,1-2H3. The van der Waals surface area contributed by atoms with Crippen LogP contribution in [0.5, 0.6) is 11.5 Å². The summed E-state index contributed by atoms with van der Waals surface area (Å²) in [6.45, 7) is 2.45. The zero-order valence-electron chi connectivity index (χ0n) is 8.87. The number of aliphatic hydroxyl groups excluding tert-OH is 1. The first-order chi connectivity index (χ1) is 7.22. The first-order valence-electron chi connectivity index (χ1n) is 4.77. The first kappa shape index (κ1) is 12.1. The van der Waals surface area contributed by atoms with Gasteiger partial charge in [0.2, 0.25) is 0 Å². The molecule has 0 aliphatic heterocycles. The Morgan fingerprint density at radius 3 is 2.67 bits per heavy atom. The highest BCUT2D eigenvalue weighted by molar-refractivity contribution is 6.18. The molecule has 1 aromatic rings. The predicted octanol–water partition coefficient (Wildman–Crippen LogP) is 2.37. The molecule has 15 heavy (non-hydrogen) atoms. The fourth-order valence-electron chi connectivity index (χ4n) is 1.26. The lowest BCUT2D eigenvalue weighted by Crippen LogP contribution is -2.01. The lowest BCUT2D eigenvalue weighted by molar-refractivity contribution is 0.201. The molecule has 1 unspecified atom stereocenters. The van der Waals surface area contributed by atoms with Crippen LogP contribution in [0, 0.1) is 0 Å². The molecule has 0 fully saturated rings. The summed E-state index contributed by atoms with van der Waals surface area (Å²) in [5.74, 6) is 1.45. The van der Waals surface area contributed by atoms with Crippen molar-refractivity contribution in [1.29, 1.82) is 0 Å². The minimum atomic E-state index is -0.670. The SMILES string of the molecule is CCOc1cc(C(O)CCl)ccc1OC. The Labute approximate surface area is 94.6 Å². The van der Waals surface area contributed by atoms with E-state index in [0.717, 1.165) is 5.56 Å². The van der Waals surface area contributed by atoms with Crippen molar-refractivity contribution in [1.82, 2.24) is 0 Å². The Kier molecular flexibility index (Phi) is 4.72. The summed E-state index contributed by atoms with van der Waals surface area (Å²) in [5, 5.41) is 9.56. The Bertz CT molecular complexity index is 315. The Balaban J connectivity index is 2.98. The molecule has 1 atom stereocenters. The molecular formula is C11H15ClO3. The predicted molar refractivity (Wildman–Crippen MR) is 59.8 cm³/mol.